The molecule has 27 heavy (non-hydrogen) atoms. The second-order valence-corrected chi connectivity index (χ2v) is 8.33. The summed E-state index contributed by atoms with van der Waals surface area (Å²) >= 11 is 5.86. The van der Waals surface area contributed by atoms with Gasteiger partial charge in [0.25, 0.3) is 0 Å². The van der Waals surface area contributed by atoms with Gasteiger partial charge in [0.15, 0.2) is 0 Å². The lowest BCUT2D eigenvalue weighted by molar-refractivity contribution is 0.0724. The number of rotatable bonds is 4. The zero-order valence-corrected chi connectivity index (χ0v) is 16.0. The van der Waals surface area contributed by atoms with E-state index in [1.54, 1.807) is 13.0 Å². The average Bonchev–Trinajstić information content (AvgIpc) is 2.65. The van der Waals surface area contributed by atoms with Crippen molar-refractivity contribution in [2.24, 2.45) is 0 Å². The van der Waals surface area contributed by atoms with Crippen LogP contribution in [0.5, 0.6) is 5.75 Å². The standard InChI is InChI=1S/C18H17ClFNO5S/c1-12-10-13(19)2-5-17(12)26-18(22)15-11-14(3-4-16(15)20)27(23,24)21-6-8-25-9-7-21/h2-5,10-11H,6-9H2,1H3. The van der Waals surface area contributed by atoms with E-state index < -0.39 is 27.4 Å². The fraction of sp³-hybridized carbons (Fsp3) is 0.278. The fourth-order valence-corrected chi connectivity index (χ4v) is 4.30. The van der Waals surface area contributed by atoms with E-state index >= 15 is 0 Å². The van der Waals surface area contributed by atoms with Gasteiger partial charge in [-0.05, 0) is 48.9 Å². The normalized spacial score (nSPS) is 15.5. The van der Waals surface area contributed by atoms with Gasteiger partial charge >= 0.3 is 5.97 Å². The number of carbonyl (C=O) groups is 1. The maximum atomic E-state index is 14.2. The number of ether oxygens (including phenoxy) is 2. The number of carbonyl (C=O) groups excluding carboxylic acids is 1. The number of nitrogens with zero attached hydrogens (tertiary/aromatic N) is 1. The molecule has 1 fully saturated rings. The first-order valence-electron chi connectivity index (χ1n) is 8.15. The van der Waals surface area contributed by atoms with Gasteiger partial charge in [-0.25, -0.2) is 17.6 Å². The van der Waals surface area contributed by atoms with Gasteiger partial charge in [-0.2, -0.15) is 4.31 Å². The van der Waals surface area contributed by atoms with Crippen molar-refractivity contribution in [2.45, 2.75) is 11.8 Å². The molecular weight excluding hydrogens is 397 g/mol. The summed E-state index contributed by atoms with van der Waals surface area (Å²) in [7, 11) is -3.86. The molecule has 2 aromatic rings. The zero-order chi connectivity index (χ0) is 19.6. The second kappa shape index (κ2) is 7.93. The lowest BCUT2D eigenvalue weighted by Crippen LogP contribution is -2.40. The Bertz CT molecular complexity index is 974. The van der Waals surface area contributed by atoms with Crippen molar-refractivity contribution in [3.63, 3.8) is 0 Å². The van der Waals surface area contributed by atoms with Crippen LogP contribution in [0.25, 0.3) is 0 Å². The molecule has 1 heterocycles. The molecule has 144 valence electrons. The highest BCUT2D eigenvalue weighted by molar-refractivity contribution is 7.89. The molecule has 0 unspecified atom stereocenters. The number of esters is 1. The van der Waals surface area contributed by atoms with Crippen molar-refractivity contribution in [1.29, 1.82) is 0 Å². The van der Waals surface area contributed by atoms with E-state index in [2.05, 4.69) is 0 Å². The Labute approximate surface area is 161 Å². The molecule has 0 spiro atoms. The molecule has 6 nitrogen and oxygen atoms in total. The minimum absolute atomic E-state index is 0.175. The van der Waals surface area contributed by atoms with Crippen LogP contribution in [0.4, 0.5) is 4.39 Å². The highest BCUT2D eigenvalue weighted by Gasteiger charge is 2.28. The Kier molecular flexibility index (Phi) is 5.81. The summed E-state index contributed by atoms with van der Waals surface area (Å²) in [6.07, 6.45) is 0. The third-order valence-corrected chi connectivity index (χ3v) is 6.23. The summed E-state index contributed by atoms with van der Waals surface area (Å²) in [4.78, 5) is 12.2. The van der Waals surface area contributed by atoms with Crippen LogP contribution in [0.3, 0.4) is 0 Å². The number of halogens is 2. The lowest BCUT2D eigenvalue weighted by Gasteiger charge is -2.26. The Morgan fingerprint density at radius 3 is 2.56 bits per heavy atom. The largest absolute Gasteiger partial charge is 0.423 e. The maximum Gasteiger partial charge on any atom is 0.346 e. The van der Waals surface area contributed by atoms with Crippen molar-refractivity contribution in [2.75, 3.05) is 26.3 Å². The topological polar surface area (TPSA) is 72.9 Å². The van der Waals surface area contributed by atoms with E-state index in [-0.39, 0.29) is 36.9 Å². The summed E-state index contributed by atoms with van der Waals surface area (Å²) in [6.45, 7) is 2.65. The van der Waals surface area contributed by atoms with Crippen LogP contribution < -0.4 is 4.74 Å². The molecule has 0 aliphatic carbocycles. The summed E-state index contributed by atoms with van der Waals surface area (Å²) in [5.41, 5.74) is 0.132. The first kappa shape index (κ1) is 19.8. The van der Waals surface area contributed by atoms with Crippen LogP contribution in [-0.4, -0.2) is 45.0 Å². The van der Waals surface area contributed by atoms with Crippen LogP contribution in [-0.2, 0) is 14.8 Å². The van der Waals surface area contributed by atoms with Gasteiger partial charge in [0.2, 0.25) is 10.0 Å². The van der Waals surface area contributed by atoms with E-state index in [4.69, 9.17) is 21.1 Å². The Hall–Kier alpha value is -2.00. The van der Waals surface area contributed by atoms with Crippen molar-refractivity contribution >= 4 is 27.6 Å². The Morgan fingerprint density at radius 1 is 1.19 bits per heavy atom. The third-order valence-electron chi connectivity index (χ3n) is 4.11. The van der Waals surface area contributed by atoms with E-state index in [1.165, 1.54) is 16.4 Å². The molecule has 0 amide bonds. The molecule has 0 bridgehead atoms. The van der Waals surface area contributed by atoms with Crippen LogP contribution in [0.1, 0.15) is 15.9 Å². The van der Waals surface area contributed by atoms with Crippen molar-refractivity contribution < 1.29 is 27.1 Å². The second-order valence-electron chi connectivity index (χ2n) is 5.96. The molecule has 0 radical (unpaired) electrons. The van der Waals surface area contributed by atoms with Gasteiger partial charge in [-0.3, -0.25) is 0 Å². The van der Waals surface area contributed by atoms with Crippen LogP contribution in [0.2, 0.25) is 5.02 Å². The number of morpholine rings is 1. The van der Waals surface area contributed by atoms with Gasteiger partial charge in [-0.15, -0.1) is 0 Å². The average molecular weight is 414 g/mol. The molecule has 1 aliphatic heterocycles. The summed E-state index contributed by atoms with van der Waals surface area (Å²) in [5, 5.41) is 0.470. The van der Waals surface area contributed by atoms with Gasteiger partial charge in [0.05, 0.1) is 23.7 Å². The molecule has 2 aromatic carbocycles. The van der Waals surface area contributed by atoms with Crippen LogP contribution >= 0.6 is 11.6 Å². The maximum absolute atomic E-state index is 14.2. The predicted octanol–water partition coefficient (Wildman–Crippen LogP) is 3.03. The Balaban J connectivity index is 1.89. The smallest absolute Gasteiger partial charge is 0.346 e. The molecule has 9 heteroatoms. The summed E-state index contributed by atoms with van der Waals surface area (Å²) in [5.74, 6) is -1.64. The van der Waals surface area contributed by atoms with Crippen molar-refractivity contribution in [3.05, 3.63) is 58.4 Å². The van der Waals surface area contributed by atoms with Crippen LogP contribution in [0.15, 0.2) is 41.3 Å². The summed E-state index contributed by atoms with van der Waals surface area (Å²) < 4.78 is 51.2. The lowest BCUT2D eigenvalue weighted by atomic mass is 10.2. The van der Waals surface area contributed by atoms with E-state index in [0.717, 1.165) is 18.2 Å². The van der Waals surface area contributed by atoms with E-state index in [1.807, 2.05) is 0 Å². The minimum Gasteiger partial charge on any atom is -0.423 e. The van der Waals surface area contributed by atoms with Crippen molar-refractivity contribution in [3.8, 4) is 5.75 Å². The fourth-order valence-electron chi connectivity index (χ4n) is 2.64. The zero-order valence-electron chi connectivity index (χ0n) is 14.4. The van der Waals surface area contributed by atoms with E-state index in [9.17, 15) is 17.6 Å². The number of sulfonamides is 1. The number of hydrogen-bond acceptors (Lipinski definition) is 5. The molecule has 0 atom stereocenters. The molecule has 0 aromatic heterocycles. The molecule has 3 rings (SSSR count). The Morgan fingerprint density at radius 2 is 1.89 bits per heavy atom. The molecule has 1 aliphatic rings. The van der Waals surface area contributed by atoms with Gasteiger partial charge in [0.1, 0.15) is 11.6 Å². The number of benzene rings is 2. The van der Waals surface area contributed by atoms with Gasteiger partial charge in [-0.1, -0.05) is 11.6 Å². The molecule has 0 N–H and O–H groups in total. The minimum atomic E-state index is -3.86. The van der Waals surface area contributed by atoms with Gasteiger partial charge < -0.3 is 9.47 Å². The number of aryl methyl sites for hydroxylation is 1. The quantitative estimate of drug-likeness (QED) is 0.569. The first-order valence-corrected chi connectivity index (χ1v) is 9.96. The van der Waals surface area contributed by atoms with Gasteiger partial charge in [0, 0.05) is 18.1 Å². The SMILES string of the molecule is Cc1cc(Cl)ccc1OC(=O)c1cc(S(=O)(=O)N2CCOCC2)ccc1F. The monoisotopic (exact) mass is 413 g/mol. The molecular formula is C18H17ClFNO5S. The third kappa shape index (κ3) is 4.30. The van der Waals surface area contributed by atoms with E-state index in [0.29, 0.717) is 10.6 Å². The van der Waals surface area contributed by atoms with Crippen molar-refractivity contribution in [1.82, 2.24) is 4.31 Å². The molecule has 0 saturated carbocycles. The molecule has 1 saturated heterocycles. The first-order chi connectivity index (χ1) is 12.8. The number of hydrogen-bond donors (Lipinski definition) is 0. The summed E-state index contributed by atoms with van der Waals surface area (Å²) in [6, 6.07) is 7.69. The highest BCUT2D eigenvalue weighted by atomic mass is 35.5. The predicted molar refractivity (Wildman–Crippen MR) is 97.1 cm³/mol. The highest BCUT2D eigenvalue weighted by Crippen LogP contribution is 2.25. The van der Waals surface area contributed by atoms with Crippen LogP contribution in [0, 0.1) is 12.7 Å².